The molecule has 1 aromatic rings. The SMILES string of the molecule is CC(O)N1CCNC1=O.Cc1cc(C)c(O)c(C)c1. The number of carbonyl (C=O) groups is 1. The fourth-order valence-corrected chi connectivity index (χ4v) is 2.02. The normalized spacial score (nSPS) is 15.6. The largest absolute Gasteiger partial charge is 0.507 e. The summed E-state index contributed by atoms with van der Waals surface area (Å²) in [6, 6.07) is 3.77. The Balaban J connectivity index is 0.000000191. The Kier molecular flexibility index (Phi) is 5.18. The highest BCUT2D eigenvalue weighted by atomic mass is 16.3. The maximum absolute atomic E-state index is 10.7. The molecule has 2 rings (SSSR count). The molecular weight excluding hydrogens is 244 g/mol. The number of phenols is 1. The molecule has 1 aliphatic rings. The van der Waals surface area contributed by atoms with Gasteiger partial charge in [0.15, 0.2) is 0 Å². The Morgan fingerprint density at radius 1 is 1.26 bits per heavy atom. The van der Waals surface area contributed by atoms with E-state index in [9.17, 15) is 9.90 Å². The molecule has 1 unspecified atom stereocenters. The molecule has 1 saturated heterocycles. The molecule has 1 heterocycles. The Hall–Kier alpha value is -1.75. The third-order valence-electron chi connectivity index (χ3n) is 2.98. The number of urea groups is 1. The quantitative estimate of drug-likeness (QED) is 0.724. The lowest BCUT2D eigenvalue weighted by Crippen LogP contribution is -2.35. The molecule has 0 aromatic heterocycles. The highest BCUT2D eigenvalue weighted by molar-refractivity contribution is 5.76. The first kappa shape index (κ1) is 15.3. The highest BCUT2D eigenvalue weighted by Crippen LogP contribution is 2.21. The number of carbonyl (C=O) groups excluding carboxylic acids is 1. The first-order valence-electron chi connectivity index (χ1n) is 6.32. The van der Waals surface area contributed by atoms with Crippen molar-refractivity contribution < 1.29 is 15.0 Å². The monoisotopic (exact) mass is 266 g/mol. The van der Waals surface area contributed by atoms with Crippen molar-refractivity contribution in [2.75, 3.05) is 13.1 Å². The molecule has 106 valence electrons. The number of benzene rings is 1. The van der Waals surface area contributed by atoms with Crippen LogP contribution in [0.2, 0.25) is 0 Å². The van der Waals surface area contributed by atoms with Gasteiger partial charge in [-0.25, -0.2) is 4.79 Å². The second-order valence-corrected chi connectivity index (χ2v) is 4.80. The van der Waals surface area contributed by atoms with E-state index in [4.69, 9.17) is 5.11 Å². The second-order valence-electron chi connectivity index (χ2n) is 4.80. The van der Waals surface area contributed by atoms with Crippen molar-refractivity contribution in [1.82, 2.24) is 10.2 Å². The lowest BCUT2D eigenvalue weighted by molar-refractivity contribution is 0.0601. The number of rotatable bonds is 1. The van der Waals surface area contributed by atoms with Gasteiger partial charge in [0.05, 0.1) is 0 Å². The number of aromatic hydroxyl groups is 1. The molecule has 3 N–H and O–H groups in total. The summed E-state index contributed by atoms with van der Waals surface area (Å²) < 4.78 is 0. The van der Waals surface area contributed by atoms with Gasteiger partial charge in [-0.15, -0.1) is 0 Å². The van der Waals surface area contributed by atoms with E-state index in [1.54, 1.807) is 6.92 Å². The van der Waals surface area contributed by atoms with Crippen molar-refractivity contribution in [1.29, 1.82) is 0 Å². The van der Waals surface area contributed by atoms with E-state index < -0.39 is 6.23 Å². The summed E-state index contributed by atoms with van der Waals surface area (Å²) in [5, 5.41) is 20.8. The molecule has 2 amide bonds. The van der Waals surface area contributed by atoms with E-state index in [-0.39, 0.29) is 6.03 Å². The molecule has 5 heteroatoms. The summed E-state index contributed by atoms with van der Waals surface area (Å²) in [6.45, 7) is 8.68. The van der Waals surface area contributed by atoms with Gasteiger partial charge in [-0.3, -0.25) is 4.90 Å². The van der Waals surface area contributed by atoms with Gasteiger partial charge in [0.1, 0.15) is 12.0 Å². The van der Waals surface area contributed by atoms with E-state index in [1.807, 2.05) is 32.9 Å². The molecule has 1 aliphatic heterocycles. The molecule has 1 aromatic carbocycles. The van der Waals surface area contributed by atoms with Crippen LogP contribution in [0.3, 0.4) is 0 Å². The number of phenolic OH excluding ortho intramolecular Hbond substituents is 1. The smallest absolute Gasteiger partial charge is 0.319 e. The van der Waals surface area contributed by atoms with Crippen LogP contribution >= 0.6 is 0 Å². The van der Waals surface area contributed by atoms with E-state index in [0.717, 1.165) is 11.1 Å². The molecule has 0 saturated carbocycles. The molecule has 19 heavy (non-hydrogen) atoms. The number of nitrogens with zero attached hydrogens (tertiary/aromatic N) is 1. The van der Waals surface area contributed by atoms with Gasteiger partial charge in [-0.2, -0.15) is 0 Å². The van der Waals surface area contributed by atoms with Crippen molar-refractivity contribution in [2.45, 2.75) is 33.9 Å². The number of aliphatic hydroxyl groups is 1. The van der Waals surface area contributed by atoms with Crippen LogP contribution < -0.4 is 5.32 Å². The van der Waals surface area contributed by atoms with Crippen LogP contribution in [-0.4, -0.2) is 40.5 Å². The molecule has 0 spiro atoms. The minimum atomic E-state index is -0.660. The zero-order valence-corrected chi connectivity index (χ0v) is 11.9. The van der Waals surface area contributed by atoms with Crippen LogP contribution in [0.5, 0.6) is 5.75 Å². The topological polar surface area (TPSA) is 72.8 Å². The fourth-order valence-electron chi connectivity index (χ4n) is 2.02. The zero-order chi connectivity index (χ0) is 14.6. The molecule has 0 bridgehead atoms. The Bertz CT molecular complexity index is 435. The van der Waals surface area contributed by atoms with E-state index >= 15 is 0 Å². The standard InChI is InChI=1S/C9H12O.C5H10N2O2/c1-6-4-7(2)9(10)8(3)5-6;1-4(8)7-3-2-6-5(7)9/h4-5,10H,1-3H3;4,8H,2-3H2,1H3,(H,6,9). The average Bonchev–Trinajstić information content (AvgIpc) is 2.73. The summed E-state index contributed by atoms with van der Waals surface area (Å²) in [5.74, 6) is 0.422. The maximum atomic E-state index is 10.7. The second kappa shape index (κ2) is 6.43. The van der Waals surface area contributed by atoms with E-state index in [1.165, 1.54) is 10.5 Å². The summed E-state index contributed by atoms with van der Waals surface area (Å²) in [5.41, 5.74) is 3.11. The third kappa shape index (κ3) is 4.13. The molecule has 5 nitrogen and oxygen atoms in total. The minimum Gasteiger partial charge on any atom is -0.507 e. The van der Waals surface area contributed by atoms with Gasteiger partial charge in [0.25, 0.3) is 0 Å². The van der Waals surface area contributed by atoms with E-state index in [2.05, 4.69) is 5.32 Å². The summed E-state index contributed by atoms with van der Waals surface area (Å²) >= 11 is 0. The Morgan fingerprint density at radius 3 is 2.11 bits per heavy atom. The van der Waals surface area contributed by atoms with Crippen LogP contribution in [0.25, 0.3) is 0 Å². The number of amides is 2. The van der Waals surface area contributed by atoms with Crippen molar-refractivity contribution in [2.24, 2.45) is 0 Å². The zero-order valence-electron chi connectivity index (χ0n) is 11.9. The van der Waals surface area contributed by atoms with Gasteiger partial charge in [0, 0.05) is 13.1 Å². The lowest BCUT2D eigenvalue weighted by Gasteiger charge is -2.16. The fraction of sp³-hybridized carbons (Fsp3) is 0.500. The molecule has 1 atom stereocenters. The number of hydrogen-bond acceptors (Lipinski definition) is 3. The van der Waals surface area contributed by atoms with Gasteiger partial charge in [-0.1, -0.05) is 17.7 Å². The van der Waals surface area contributed by atoms with Crippen molar-refractivity contribution in [3.05, 3.63) is 28.8 Å². The van der Waals surface area contributed by atoms with Crippen LogP contribution in [0.1, 0.15) is 23.6 Å². The van der Waals surface area contributed by atoms with Gasteiger partial charge < -0.3 is 15.5 Å². The van der Waals surface area contributed by atoms with E-state index in [0.29, 0.717) is 18.8 Å². The number of nitrogens with one attached hydrogen (secondary N) is 1. The van der Waals surface area contributed by atoms with Crippen LogP contribution in [0.4, 0.5) is 4.79 Å². The maximum Gasteiger partial charge on any atom is 0.319 e. The first-order chi connectivity index (χ1) is 8.82. The van der Waals surface area contributed by atoms with Crippen LogP contribution in [0.15, 0.2) is 12.1 Å². The molecule has 0 radical (unpaired) electrons. The Morgan fingerprint density at radius 2 is 1.79 bits per heavy atom. The predicted molar refractivity (Wildman–Crippen MR) is 74.1 cm³/mol. The summed E-state index contributed by atoms with van der Waals surface area (Å²) in [6.07, 6.45) is -0.660. The van der Waals surface area contributed by atoms with Gasteiger partial charge in [-0.05, 0) is 38.8 Å². The molecule has 1 fully saturated rings. The van der Waals surface area contributed by atoms with Gasteiger partial charge in [0.2, 0.25) is 0 Å². The van der Waals surface area contributed by atoms with Crippen molar-refractivity contribution in [3.63, 3.8) is 0 Å². The molecule has 0 aliphatic carbocycles. The highest BCUT2D eigenvalue weighted by Gasteiger charge is 2.22. The summed E-state index contributed by atoms with van der Waals surface area (Å²) in [4.78, 5) is 12.0. The van der Waals surface area contributed by atoms with Crippen molar-refractivity contribution >= 4 is 6.03 Å². The van der Waals surface area contributed by atoms with Crippen LogP contribution in [-0.2, 0) is 0 Å². The van der Waals surface area contributed by atoms with Crippen LogP contribution in [0, 0.1) is 20.8 Å². The predicted octanol–water partition coefficient (Wildman–Crippen LogP) is 1.67. The third-order valence-corrected chi connectivity index (χ3v) is 2.98. The number of hydrogen-bond donors (Lipinski definition) is 3. The Labute approximate surface area is 113 Å². The average molecular weight is 266 g/mol. The minimum absolute atomic E-state index is 0.176. The molecular formula is C14H22N2O3. The number of aliphatic hydroxyl groups excluding tert-OH is 1. The van der Waals surface area contributed by atoms with Gasteiger partial charge >= 0.3 is 6.03 Å². The van der Waals surface area contributed by atoms with Crippen molar-refractivity contribution in [3.8, 4) is 5.75 Å². The summed E-state index contributed by atoms with van der Waals surface area (Å²) in [7, 11) is 0. The first-order valence-corrected chi connectivity index (χ1v) is 6.32. The number of aryl methyl sites for hydroxylation is 3. The lowest BCUT2D eigenvalue weighted by atomic mass is 10.1.